The lowest BCUT2D eigenvalue weighted by atomic mass is 9.93. The topological polar surface area (TPSA) is 47.6 Å². The van der Waals surface area contributed by atoms with E-state index in [2.05, 4.69) is 5.32 Å². The van der Waals surface area contributed by atoms with Gasteiger partial charge in [0.15, 0.2) is 5.54 Å². The zero-order chi connectivity index (χ0) is 14.6. The molecule has 1 aromatic rings. The Balaban J connectivity index is 2.24. The van der Waals surface area contributed by atoms with Crippen molar-refractivity contribution in [1.82, 2.24) is 0 Å². The maximum Gasteiger partial charge on any atom is 0.334 e. The zero-order valence-electron chi connectivity index (χ0n) is 11.8. The van der Waals surface area contributed by atoms with Crippen molar-refractivity contribution in [2.24, 2.45) is 5.92 Å². The minimum atomic E-state index is -0.807. The Labute approximate surface area is 124 Å². The van der Waals surface area contributed by atoms with E-state index in [0.717, 1.165) is 18.5 Å². The number of esters is 1. The number of hydrogen-bond acceptors (Lipinski definition) is 4. The van der Waals surface area contributed by atoms with E-state index in [0.29, 0.717) is 18.2 Å². The molecule has 1 aromatic carbocycles. The van der Waals surface area contributed by atoms with Crippen LogP contribution in [0.15, 0.2) is 24.3 Å². The number of ether oxygens (including phenoxy) is 2. The van der Waals surface area contributed by atoms with E-state index < -0.39 is 5.54 Å². The third-order valence-corrected chi connectivity index (χ3v) is 3.75. The van der Waals surface area contributed by atoms with Crippen LogP contribution in [0.3, 0.4) is 0 Å². The van der Waals surface area contributed by atoms with Gasteiger partial charge in [-0.15, -0.1) is 0 Å². The van der Waals surface area contributed by atoms with Gasteiger partial charge in [0, 0.05) is 17.8 Å². The lowest BCUT2D eigenvalue weighted by Gasteiger charge is -2.33. The maximum absolute atomic E-state index is 12.4. The fourth-order valence-electron chi connectivity index (χ4n) is 2.39. The standard InChI is InChI=1S/C15H20ClNO3/c1-3-20-14(18)15(10-19-2,11-4-5-11)17-13-8-6-12(16)7-9-13/h6-9,11,17H,3-5,10H2,1-2H3. The quantitative estimate of drug-likeness (QED) is 0.786. The number of methoxy groups -OCH3 is 1. The van der Waals surface area contributed by atoms with Gasteiger partial charge in [0.05, 0.1) is 13.2 Å². The first kappa shape index (κ1) is 15.1. The van der Waals surface area contributed by atoms with Gasteiger partial charge in [0.25, 0.3) is 0 Å². The van der Waals surface area contributed by atoms with Crippen molar-refractivity contribution in [3.05, 3.63) is 29.3 Å². The Hall–Kier alpha value is -1.26. The highest BCUT2D eigenvalue weighted by Gasteiger charge is 2.52. The summed E-state index contributed by atoms with van der Waals surface area (Å²) in [5.74, 6) is -0.00326. The van der Waals surface area contributed by atoms with Gasteiger partial charge < -0.3 is 14.8 Å². The monoisotopic (exact) mass is 297 g/mol. The van der Waals surface area contributed by atoms with Gasteiger partial charge in [0.1, 0.15) is 0 Å². The Morgan fingerprint density at radius 2 is 2.05 bits per heavy atom. The number of anilines is 1. The van der Waals surface area contributed by atoms with Gasteiger partial charge in [-0.3, -0.25) is 0 Å². The first-order valence-electron chi connectivity index (χ1n) is 6.82. The summed E-state index contributed by atoms with van der Waals surface area (Å²) >= 11 is 5.89. The predicted octanol–water partition coefficient (Wildman–Crippen LogP) is 3.11. The van der Waals surface area contributed by atoms with Gasteiger partial charge in [-0.25, -0.2) is 4.79 Å². The zero-order valence-corrected chi connectivity index (χ0v) is 12.6. The molecule has 20 heavy (non-hydrogen) atoms. The Morgan fingerprint density at radius 3 is 2.55 bits per heavy atom. The van der Waals surface area contributed by atoms with Crippen LogP contribution in [0.4, 0.5) is 5.69 Å². The van der Waals surface area contributed by atoms with E-state index >= 15 is 0 Å². The van der Waals surface area contributed by atoms with Crippen LogP contribution in [0.25, 0.3) is 0 Å². The van der Waals surface area contributed by atoms with Crippen LogP contribution in [0.5, 0.6) is 0 Å². The maximum atomic E-state index is 12.4. The summed E-state index contributed by atoms with van der Waals surface area (Å²) in [5, 5.41) is 3.97. The summed E-state index contributed by atoms with van der Waals surface area (Å²) in [6.07, 6.45) is 2.01. The third kappa shape index (κ3) is 3.25. The summed E-state index contributed by atoms with van der Waals surface area (Å²) in [6, 6.07) is 7.29. The molecule has 0 aliphatic heterocycles. The lowest BCUT2D eigenvalue weighted by molar-refractivity contribution is -0.151. The van der Waals surface area contributed by atoms with Gasteiger partial charge in [-0.1, -0.05) is 11.6 Å². The van der Waals surface area contributed by atoms with Crippen LogP contribution < -0.4 is 5.32 Å². The second kappa shape index (κ2) is 6.46. The molecule has 0 heterocycles. The highest BCUT2D eigenvalue weighted by molar-refractivity contribution is 6.30. The van der Waals surface area contributed by atoms with Gasteiger partial charge in [0.2, 0.25) is 0 Å². The van der Waals surface area contributed by atoms with E-state index in [1.807, 2.05) is 19.1 Å². The number of halogens is 1. The first-order valence-corrected chi connectivity index (χ1v) is 7.20. The Bertz CT molecular complexity index is 459. The van der Waals surface area contributed by atoms with Crippen LogP contribution in [-0.2, 0) is 14.3 Å². The van der Waals surface area contributed by atoms with Crippen molar-refractivity contribution in [3.63, 3.8) is 0 Å². The smallest absolute Gasteiger partial charge is 0.334 e. The molecule has 5 heteroatoms. The third-order valence-electron chi connectivity index (χ3n) is 3.50. The van der Waals surface area contributed by atoms with E-state index in [1.54, 1.807) is 19.2 Å². The molecule has 1 saturated carbocycles. The van der Waals surface area contributed by atoms with Gasteiger partial charge in [-0.05, 0) is 49.9 Å². The largest absolute Gasteiger partial charge is 0.464 e. The van der Waals surface area contributed by atoms with Crippen LogP contribution in [0.2, 0.25) is 5.02 Å². The molecule has 1 fully saturated rings. The molecule has 0 spiro atoms. The van der Waals surface area contributed by atoms with Gasteiger partial charge in [-0.2, -0.15) is 0 Å². The van der Waals surface area contributed by atoms with E-state index in [1.165, 1.54) is 0 Å². The molecule has 0 bridgehead atoms. The molecule has 0 aromatic heterocycles. The van der Waals surface area contributed by atoms with Crippen molar-refractivity contribution in [2.45, 2.75) is 25.3 Å². The minimum absolute atomic E-state index is 0.247. The molecule has 1 unspecified atom stereocenters. The molecule has 1 aliphatic carbocycles. The molecule has 2 rings (SSSR count). The molecular weight excluding hydrogens is 278 g/mol. The van der Waals surface area contributed by atoms with Crippen molar-refractivity contribution in [2.75, 3.05) is 25.6 Å². The number of carbonyl (C=O) groups is 1. The number of benzene rings is 1. The van der Waals surface area contributed by atoms with Gasteiger partial charge >= 0.3 is 5.97 Å². The number of carbonyl (C=O) groups excluding carboxylic acids is 1. The summed E-state index contributed by atoms with van der Waals surface area (Å²) in [5.41, 5.74) is 0.0323. The normalized spacial score (nSPS) is 17.4. The summed E-state index contributed by atoms with van der Waals surface area (Å²) in [4.78, 5) is 12.4. The van der Waals surface area contributed by atoms with Crippen LogP contribution in [0.1, 0.15) is 19.8 Å². The highest BCUT2D eigenvalue weighted by Crippen LogP contribution is 2.42. The van der Waals surface area contributed by atoms with Crippen molar-refractivity contribution < 1.29 is 14.3 Å². The van der Waals surface area contributed by atoms with E-state index in [9.17, 15) is 4.79 Å². The Kier molecular flexibility index (Phi) is 4.89. The summed E-state index contributed by atoms with van der Waals surface area (Å²) in [7, 11) is 1.60. The second-order valence-corrected chi connectivity index (χ2v) is 5.47. The Morgan fingerprint density at radius 1 is 1.40 bits per heavy atom. The van der Waals surface area contributed by atoms with Crippen LogP contribution in [-0.4, -0.2) is 31.8 Å². The molecular formula is C15H20ClNO3. The average molecular weight is 298 g/mol. The van der Waals surface area contributed by atoms with E-state index in [-0.39, 0.29) is 11.9 Å². The minimum Gasteiger partial charge on any atom is -0.464 e. The molecule has 1 aliphatic rings. The number of hydrogen-bond donors (Lipinski definition) is 1. The molecule has 0 amide bonds. The van der Waals surface area contributed by atoms with Crippen LogP contribution in [0, 0.1) is 5.92 Å². The highest BCUT2D eigenvalue weighted by atomic mass is 35.5. The fraction of sp³-hybridized carbons (Fsp3) is 0.533. The molecule has 110 valence electrons. The number of nitrogens with one attached hydrogen (secondary N) is 1. The molecule has 0 saturated heterocycles. The molecule has 4 nitrogen and oxygen atoms in total. The second-order valence-electron chi connectivity index (χ2n) is 5.03. The SMILES string of the molecule is CCOC(=O)C(COC)(Nc1ccc(Cl)cc1)C1CC1. The first-order chi connectivity index (χ1) is 9.62. The predicted molar refractivity (Wildman–Crippen MR) is 79.0 cm³/mol. The van der Waals surface area contributed by atoms with Crippen molar-refractivity contribution in [3.8, 4) is 0 Å². The fourth-order valence-corrected chi connectivity index (χ4v) is 2.51. The summed E-state index contributed by atoms with van der Waals surface area (Å²) in [6.45, 7) is 2.46. The van der Waals surface area contributed by atoms with E-state index in [4.69, 9.17) is 21.1 Å². The van der Waals surface area contributed by atoms with Crippen LogP contribution >= 0.6 is 11.6 Å². The van der Waals surface area contributed by atoms with Crippen molar-refractivity contribution in [1.29, 1.82) is 0 Å². The summed E-state index contributed by atoms with van der Waals surface area (Å²) < 4.78 is 10.5. The lowest BCUT2D eigenvalue weighted by Crippen LogP contribution is -2.53. The molecule has 1 N–H and O–H groups in total. The molecule has 0 radical (unpaired) electrons. The van der Waals surface area contributed by atoms with Crippen molar-refractivity contribution >= 4 is 23.3 Å². The number of rotatable bonds is 7. The average Bonchev–Trinajstić information content (AvgIpc) is 3.25. The molecule has 1 atom stereocenters.